The highest BCUT2D eigenvalue weighted by Crippen LogP contribution is 2.19. The van der Waals surface area contributed by atoms with Gasteiger partial charge in [0.2, 0.25) is 5.91 Å². The first-order valence-electron chi connectivity index (χ1n) is 4.70. The summed E-state index contributed by atoms with van der Waals surface area (Å²) in [5.41, 5.74) is 0. The largest absolute Gasteiger partial charge is 0.480 e. The Morgan fingerprint density at radius 1 is 1.53 bits per heavy atom. The number of aliphatic hydroxyl groups is 1. The number of nitrogens with zero attached hydrogens (tertiary/aromatic N) is 1. The first-order chi connectivity index (χ1) is 7.06. The van der Waals surface area contributed by atoms with E-state index in [2.05, 4.69) is 5.92 Å². The molecule has 1 rings (SSSR count). The Morgan fingerprint density at radius 3 is 2.73 bits per heavy atom. The van der Waals surface area contributed by atoms with Crippen molar-refractivity contribution in [2.45, 2.75) is 31.4 Å². The van der Waals surface area contributed by atoms with Gasteiger partial charge in [-0.25, -0.2) is 4.79 Å². The number of carboxylic acids is 1. The molecule has 82 valence electrons. The average molecular weight is 211 g/mol. The summed E-state index contributed by atoms with van der Waals surface area (Å²) in [6.07, 6.45) is 4.78. The van der Waals surface area contributed by atoms with Crippen LogP contribution in [-0.2, 0) is 9.59 Å². The molecule has 0 bridgehead atoms. The first-order valence-corrected chi connectivity index (χ1v) is 4.70. The number of likely N-dealkylation sites (tertiary alicyclic amines) is 1. The highest BCUT2D eigenvalue weighted by atomic mass is 16.4. The van der Waals surface area contributed by atoms with Crippen LogP contribution >= 0.6 is 0 Å². The average Bonchev–Trinajstić information content (AvgIpc) is 2.57. The molecule has 0 saturated carbocycles. The summed E-state index contributed by atoms with van der Waals surface area (Å²) < 4.78 is 0. The van der Waals surface area contributed by atoms with Crippen molar-refractivity contribution in [1.29, 1.82) is 0 Å². The maximum Gasteiger partial charge on any atom is 0.326 e. The molecule has 1 aliphatic heterocycles. The van der Waals surface area contributed by atoms with Gasteiger partial charge in [0.05, 0.1) is 6.10 Å². The van der Waals surface area contributed by atoms with Crippen LogP contribution in [0.4, 0.5) is 0 Å². The Labute approximate surface area is 87.7 Å². The Kier molecular flexibility index (Phi) is 3.69. The molecule has 0 radical (unpaired) electrons. The number of rotatable bonds is 3. The van der Waals surface area contributed by atoms with Crippen molar-refractivity contribution in [2.75, 3.05) is 6.54 Å². The molecule has 2 atom stereocenters. The number of carboxylic acid groups (broad SMARTS) is 1. The van der Waals surface area contributed by atoms with Crippen LogP contribution in [0.3, 0.4) is 0 Å². The van der Waals surface area contributed by atoms with Crippen LogP contribution < -0.4 is 0 Å². The molecule has 1 saturated heterocycles. The molecule has 1 aliphatic rings. The normalized spacial score (nSPS) is 24.9. The molecule has 0 aliphatic carbocycles. The molecule has 5 heteroatoms. The van der Waals surface area contributed by atoms with E-state index in [1.807, 2.05) is 0 Å². The molecule has 1 fully saturated rings. The maximum absolute atomic E-state index is 11.5. The van der Waals surface area contributed by atoms with Crippen LogP contribution in [0.2, 0.25) is 0 Å². The fourth-order valence-electron chi connectivity index (χ4n) is 1.65. The van der Waals surface area contributed by atoms with Crippen LogP contribution in [0.25, 0.3) is 0 Å². The number of aliphatic carboxylic acids is 1. The zero-order valence-corrected chi connectivity index (χ0v) is 8.22. The second kappa shape index (κ2) is 4.80. The van der Waals surface area contributed by atoms with Crippen LogP contribution in [0.1, 0.15) is 19.3 Å². The molecule has 2 N–H and O–H groups in total. The fraction of sp³-hybridized carbons (Fsp3) is 0.600. The smallest absolute Gasteiger partial charge is 0.326 e. The van der Waals surface area contributed by atoms with Crippen LogP contribution in [-0.4, -0.2) is 45.7 Å². The predicted molar refractivity (Wildman–Crippen MR) is 51.8 cm³/mol. The van der Waals surface area contributed by atoms with Crippen LogP contribution in [0.15, 0.2) is 0 Å². The standard InChI is InChI=1S/C10H13NO4/c1-2-3-4-9(13)11-6-7(12)5-8(11)10(14)15/h1,7-8,12H,3-6H2,(H,14,15)/t7-,8+/m1/s1. The molecule has 5 nitrogen and oxygen atoms in total. The Morgan fingerprint density at radius 2 is 2.20 bits per heavy atom. The molecule has 0 aromatic heterocycles. The molecular formula is C10H13NO4. The van der Waals surface area contributed by atoms with Crippen LogP contribution in [0, 0.1) is 12.3 Å². The van der Waals surface area contributed by atoms with Gasteiger partial charge in [0.25, 0.3) is 0 Å². The van der Waals surface area contributed by atoms with Gasteiger partial charge in [0.1, 0.15) is 6.04 Å². The third kappa shape index (κ3) is 2.70. The lowest BCUT2D eigenvalue weighted by Crippen LogP contribution is -2.40. The number of β-amino-alcohol motifs (C(OH)–C–C–N with tert-alkyl or cyclic N) is 1. The number of hydrogen-bond acceptors (Lipinski definition) is 3. The summed E-state index contributed by atoms with van der Waals surface area (Å²) in [5, 5.41) is 18.1. The summed E-state index contributed by atoms with van der Waals surface area (Å²) in [5.74, 6) is 0.929. The second-order valence-electron chi connectivity index (χ2n) is 3.49. The van der Waals surface area contributed by atoms with E-state index in [1.165, 1.54) is 4.90 Å². The molecular weight excluding hydrogens is 198 g/mol. The van der Waals surface area contributed by atoms with Crippen molar-refractivity contribution in [1.82, 2.24) is 4.90 Å². The molecule has 0 aromatic rings. The Hall–Kier alpha value is -1.54. The number of carbonyl (C=O) groups excluding carboxylic acids is 1. The molecule has 1 amide bonds. The van der Waals surface area contributed by atoms with Crippen LogP contribution in [0.5, 0.6) is 0 Å². The van der Waals surface area contributed by atoms with Gasteiger partial charge in [-0.05, 0) is 0 Å². The lowest BCUT2D eigenvalue weighted by atomic mass is 10.2. The highest BCUT2D eigenvalue weighted by Gasteiger charge is 2.38. The van der Waals surface area contributed by atoms with E-state index in [-0.39, 0.29) is 31.7 Å². The summed E-state index contributed by atoms with van der Waals surface area (Å²) in [6, 6.07) is -0.912. The minimum Gasteiger partial charge on any atom is -0.480 e. The second-order valence-corrected chi connectivity index (χ2v) is 3.49. The van der Waals surface area contributed by atoms with Gasteiger partial charge in [0, 0.05) is 25.8 Å². The highest BCUT2D eigenvalue weighted by molar-refractivity contribution is 5.84. The van der Waals surface area contributed by atoms with Crippen molar-refractivity contribution in [3.05, 3.63) is 0 Å². The van der Waals surface area contributed by atoms with Gasteiger partial charge in [-0.2, -0.15) is 0 Å². The maximum atomic E-state index is 11.5. The summed E-state index contributed by atoms with van der Waals surface area (Å²) in [4.78, 5) is 23.5. The number of carbonyl (C=O) groups is 2. The number of aliphatic hydroxyl groups excluding tert-OH is 1. The van der Waals surface area contributed by atoms with E-state index >= 15 is 0 Å². The van der Waals surface area contributed by atoms with Gasteiger partial charge in [-0.15, -0.1) is 12.3 Å². The lowest BCUT2D eigenvalue weighted by molar-refractivity contribution is -0.148. The number of hydrogen-bond donors (Lipinski definition) is 2. The van der Waals surface area contributed by atoms with E-state index < -0.39 is 18.1 Å². The van der Waals surface area contributed by atoms with E-state index in [9.17, 15) is 14.7 Å². The van der Waals surface area contributed by atoms with E-state index in [1.54, 1.807) is 0 Å². The molecule has 0 unspecified atom stereocenters. The van der Waals surface area contributed by atoms with Gasteiger partial charge >= 0.3 is 5.97 Å². The van der Waals surface area contributed by atoms with Crippen molar-refractivity contribution in [2.24, 2.45) is 0 Å². The zero-order chi connectivity index (χ0) is 11.4. The molecule has 0 aromatic carbocycles. The summed E-state index contributed by atoms with van der Waals surface area (Å²) in [6.45, 7) is 0.0837. The van der Waals surface area contributed by atoms with Crippen molar-refractivity contribution in [3.8, 4) is 12.3 Å². The Balaban J connectivity index is 2.63. The van der Waals surface area contributed by atoms with E-state index in [4.69, 9.17) is 11.5 Å². The molecule has 0 spiro atoms. The van der Waals surface area contributed by atoms with Crippen molar-refractivity contribution < 1.29 is 19.8 Å². The monoisotopic (exact) mass is 211 g/mol. The third-order valence-electron chi connectivity index (χ3n) is 2.37. The van der Waals surface area contributed by atoms with Gasteiger partial charge < -0.3 is 15.1 Å². The van der Waals surface area contributed by atoms with E-state index in [0.29, 0.717) is 0 Å². The quantitative estimate of drug-likeness (QED) is 0.614. The van der Waals surface area contributed by atoms with Crippen molar-refractivity contribution >= 4 is 11.9 Å². The summed E-state index contributed by atoms with van der Waals surface area (Å²) >= 11 is 0. The summed E-state index contributed by atoms with van der Waals surface area (Å²) in [7, 11) is 0. The van der Waals surface area contributed by atoms with Gasteiger partial charge in [-0.3, -0.25) is 4.79 Å². The molecule has 15 heavy (non-hydrogen) atoms. The topological polar surface area (TPSA) is 77.8 Å². The van der Waals surface area contributed by atoms with Crippen molar-refractivity contribution in [3.63, 3.8) is 0 Å². The van der Waals surface area contributed by atoms with Gasteiger partial charge in [-0.1, -0.05) is 0 Å². The fourth-order valence-corrected chi connectivity index (χ4v) is 1.65. The number of amides is 1. The third-order valence-corrected chi connectivity index (χ3v) is 2.37. The number of terminal acetylenes is 1. The molecule has 1 heterocycles. The minimum absolute atomic E-state index is 0.0837. The zero-order valence-electron chi connectivity index (χ0n) is 8.22. The predicted octanol–water partition coefficient (Wildman–Crippen LogP) is -0.554. The van der Waals surface area contributed by atoms with E-state index in [0.717, 1.165) is 0 Å². The van der Waals surface area contributed by atoms with Gasteiger partial charge in [0.15, 0.2) is 0 Å². The first kappa shape index (κ1) is 11.5. The SMILES string of the molecule is C#CCCC(=O)N1C[C@H](O)C[C@H]1C(=O)O. The lowest BCUT2D eigenvalue weighted by Gasteiger charge is -2.20. The Bertz CT molecular complexity index is 307. The minimum atomic E-state index is -1.08.